The highest BCUT2D eigenvalue weighted by atomic mass is 35.5. The minimum Gasteiger partial charge on any atom is -0.495 e. The summed E-state index contributed by atoms with van der Waals surface area (Å²) in [6.07, 6.45) is 10.7. The molecule has 346 valence electrons. The average molecular weight is 920 g/mol. The quantitative estimate of drug-likeness (QED) is 0.0359. The molecule has 2 saturated heterocycles. The molecule has 6 rings (SSSR count). The van der Waals surface area contributed by atoms with Gasteiger partial charge < -0.3 is 40.5 Å². The summed E-state index contributed by atoms with van der Waals surface area (Å²) in [6, 6.07) is 5.95. The van der Waals surface area contributed by atoms with E-state index in [-0.39, 0.29) is 35.5 Å². The predicted octanol–water partition coefficient (Wildman–Crippen LogP) is 6.05. The second-order valence-electron chi connectivity index (χ2n) is 16.6. The number of aromatic nitrogens is 3. The van der Waals surface area contributed by atoms with E-state index in [0.29, 0.717) is 77.1 Å². The normalized spacial score (nSPS) is 18.8. The molecule has 1 aliphatic carbocycles. The first-order chi connectivity index (χ1) is 30.9. The van der Waals surface area contributed by atoms with Crippen molar-refractivity contribution in [3.8, 4) is 5.75 Å². The van der Waals surface area contributed by atoms with Crippen LogP contribution in [0.3, 0.4) is 0 Å². The largest absolute Gasteiger partial charge is 0.495 e. The number of ketones is 1. The van der Waals surface area contributed by atoms with E-state index in [1.165, 1.54) is 17.5 Å². The van der Waals surface area contributed by atoms with E-state index in [2.05, 4.69) is 36.1 Å². The van der Waals surface area contributed by atoms with Crippen molar-refractivity contribution in [2.45, 2.75) is 90.3 Å². The third kappa shape index (κ3) is 12.4. The fourth-order valence-corrected chi connectivity index (χ4v) is 9.59. The van der Waals surface area contributed by atoms with Gasteiger partial charge in [0.2, 0.25) is 29.5 Å². The third-order valence-electron chi connectivity index (χ3n) is 12.3. The van der Waals surface area contributed by atoms with Gasteiger partial charge in [-0.3, -0.25) is 24.1 Å². The Labute approximate surface area is 385 Å². The van der Waals surface area contributed by atoms with Gasteiger partial charge in [-0.1, -0.05) is 43.0 Å². The molecule has 0 bridgehead atoms. The van der Waals surface area contributed by atoms with Crippen LogP contribution in [-0.4, -0.2) is 132 Å². The number of ether oxygens (including phenoxy) is 2. The minimum absolute atomic E-state index is 0.0511. The molecule has 16 nitrogen and oxygen atoms in total. The molecular weight excluding hydrogens is 856 g/mol. The summed E-state index contributed by atoms with van der Waals surface area (Å²) in [5, 5.41) is 15.0. The van der Waals surface area contributed by atoms with Gasteiger partial charge in [-0.15, -0.1) is 11.3 Å². The zero-order valence-corrected chi connectivity index (χ0v) is 39.4. The number of benzene rings is 1. The number of halogens is 1. The maximum absolute atomic E-state index is 14.2. The van der Waals surface area contributed by atoms with Crippen LogP contribution in [0.2, 0.25) is 5.02 Å². The molecule has 3 aromatic rings. The van der Waals surface area contributed by atoms with Gasteiger partial charge in [-0.25, -0.2) is 9.97 Å². The maximum atomic E-state index is 14.2. The minimum atomic E-state index is -0.579. The van der Waals surface area contributed by atoms with Crippen LogP contribution < -0.4 is 26.0 Å². The number of likely N-dealkylation sites (N-methyl/N-ethyl adjacent to an activating group) is 1. The number of amides is 3. The molecule has 1 aromatic carbocycles. The number of hydrogen-bond donors (Lipinski definition) is 4. The van der Waals surface area contributed by atoms with Crippen molar-refractivity contribution in [3.63, 3.8) is 0 Å². The number of methoxy groups -OCH3 is 1. The molecule has 4 heterocycles. The second kappa shape index (κ2) is 23.2. The Morgan fingerprint density at radius 1 is 1.00 bits per heavy atom. The molecule has 3 amide bonds. The number of anilines is 2. The first-order valence-electron chi connectivity index (χ1n) is 22.3. The SMILES string of the molecule is CNc1nc(N/C(C)=C(/C=C(\C)C(=O)N2CCN(CCCOc3cccc(C(=O)c4csc(C5CCCN5C(=O)[C@@H](NC(=O)[C@H](C)NC)C5CCCCC5)n4)c3)CC2)OC)ncc1Cl. The number of carbonyl (C=O) groups excluding carboxylic acids is 4. The number of thiazole rings is 1. The van der Waals surface area contributed by atoms with Crippen molar-refractivity contribution in [2.24, 2.45) is 5.92 Å². The predicted molar refractivity (Wildman–Crippen MR) is 250 cm³/mol. The average Bonchev–Trinajstić information content (AvgIpc) is 4.02. The highest BCUT2D eigenvalue weighted by Crippen LogP contribution is 2.37. The summed E-state index contributed by atoms with van der Waals surface area (Å²) in [7, 11) is 5.01. The van der Waals surface area contributed by atoms with E-state index >= 15 is 0 Å². The summed E-state index contributed by atoms with van der Waals surface area (Å²) in [6.45, 7) is 9.97. The van der Waals surface area contributed by atoms with E-state index in [1.807, 2.05) is 28.9 Å². The van der Waals surface area contributed by atoms with Crippen LogP contribution in [0.15, 0.2) is 58.9 Å². The zero-order valence-electron chi connectivity index (χ0n) is 37.9. The summed E-state index contributed by atoms with van der Waals surface area (Å²) in [4.78, 5) is 73.7. The first kappa shape index (κ1) is 48.4. The summed E-state index contributed by atoms with van der Waals surface area (Å²) >= 11 is 7.51. The Kier molecular flexibility index (Phi) is 17.5. The molecule has 4 N–H and O–H groups in total. The van der Waals surface area contributed by atoms with Gasteiger partial charge in [0.15, 0.2) is 0 Å². The monoisotopic (exact) mass is 918 g/mol. The van der Waals surface area contributed by atoms with Gasteiger partial charge in [-0.2, -0.15) is 4.98 Å². The molecule has 2 aromatic heterocycles. The van der Waals surface area contributed by atoms with Crippen molar-refractivity contribution in [1.82, 2.24) is 40.3 Å². The van der Waals surface area contributed by atoms with E-state index in [0.717, 1.165) is 76.0 Å². The Morgan fingerprint density at radius 2 is 1.77 bits per heavy atom. The molecule has 0 radical (unpaired) electrons. The van der Waals surface area contributed by atoms with Gasteiger partial charge in [0.25, 0.3) is 0 Å². The van der Waals surface area contributed by atoms with Crippen molar-refractivity contribution in [1.29, 1.82) is 0 Å². The van der Waals surface area contributed by atoms with Crippen LogP contribution in [0, 0.1) is 5.92 Å². The van der Waals surface area contributed by atoms with Crippen LogP contribution in [0.5, 0.6) is 5.75 Å². The van der Waals surface area contributed by atoms with E-state index < -0.39 is 12.1 Å². The lowest BCUT2D eigenvalue weighted by Crippen LogP contribution is -2.55. The fraction of sp³-hybridized carbons (Fsp3) is 0.543. The lowest BCUT2D eigenvalue weighted by Gasteiger charge is -2.35. The smallest absolute Gasteiger partial charge is 0.249 e. The maximum Gasteiger partial charge on any atom is 0.249 e. The number of carbonyl (C=O) groups is 4. The van der Waals surface area contributed by atoms with E-state index in [4.69, 9.17) is 26.1 Å². The lowest BCUT2D eigenvalue weighted by molar-refractivity contribution is -0.139. The van der Waals surface area contributed by atoms with Gasteiger partial charge in [-0.05, 0) is 84.0 Å². The second-order valence-corrected chi connectivity index (χ2v) is 17.9. The Bertz CT molecular complexity index is 2170. The van der Waals surface area contributed by atoms with Crippen molar-refractivity contribution < 1.29 is 28.7 Å². The molecule has 3 aliphatic rings. The van der Waals surface area contributed by atoms with Crippen molar-refractivity contribution >= 4 is 58.2 Å². The Morgan fingerprint density at radius 3 is 2.48 bits per heavy atom. The molecule has 3 atom stereocenters. The standard InChI is InChI=1S/C46H63ClN10O6S/c1-29(25-38(62-6)30(2)51-46-50-27-35(47)41(49-5)54-46)44(60)56-22-20-55(21-23-56)18-12-24-63-34-16-10-15-33(26-34)40(58)36-28-64-43(52-36)37-17-11-19-57(37)45(61)39(32-13-8-7-9-14-32)53-42(59)31(3)48-4/h10,15-16,25-28,31-32,37,39,48H,7-9,11-14,17-24H2,1-6H3,(H,53,59)(H2,49,50,51,54)/b29-25+,38-30-/t31-,37?,39-/m0/s1. The molecule has 3 fully saturated rings. The number of hydrogen-bond acceptors (Lipinski definition) is 14. The summed E-state index contributed by atoms with van der Waals surface area (Å²) in [5.41, 5.74) is 2.02. The molecule has 1 unspecified atom stereocenters. The number of piperazine rings is 1. The van der Waals surface area contributed by atoms with Crippen molar-refractivity contribution in [2.75, 3.05) is 77.7 Å². The number of nitrogens with zero attached hydrogens (tertiary/aromatic N) is 6. The Hall–Kier alpha value is -5.10. The van der Waals surface area contributed by atoms with Gasteiger partial charge >= 0.3 is 0 Å². The van der Waals surface area contributed by atoms with Crippen LogP contribution in [-0.2, 0) is 19.1 Å². The number of allylic oxidation sites excluding steroid dienone is 2. The lowest BCUT2D eigenvalue weighted by atomic mass is 9.83. The van der Waals surface area contributed by atoms with Gasteiger partial charge in [0.1, 0.15) is 39.1 Å². The first-order valence-corrected chi connectivity index (χ1v) is 23.6. The van der Waals surface area contributed by atoms with Gasteiger partial charge in [0, 0.05) is 62.8 Å². The number of nitrogens with one attached hydrogen (secondary N) is 4. The number of likely N-dealkylation sites (tertiary alicyclic amines) is 1. The van der Waals surface area contributed by atoms with Gasteiger partial charge in [0.05, 0.1) is 37.7 Å². The zero-order chi connectivity index (χ0) is 45.8. The fourth-order valence-electron chi connectivity index (χ4n) is 8.46. The highest BCUT2D eigenvalue weighted by Gasteiger charge is 2.40. The molecule has 1 saturated carbocycles. The molecule has 2 aliphatic heterocycles. The Balaban J connectivity index is 0.967. The summed E-state index contributed by atoms with van der Waals surface area (Å²) < 4.78 is 11.7. The topological polar surface area (TPSA) is 183 Å². The molecule has 0 spiro atoms. The van der Waals surface area contributed by atoms with Crippen LogP contribution in [0.25, 0.3) is 0 Å². The van der Waals surface area contributed by atoms with Crippen molar-refractivity contribution in [3.05, 3.63) is 80.2 Å². The van der Waals surface area contributed by atoms with E-state index in [9.17, 15) is 19.2 Å². The molecule has 18 heteroatoms. The van der Waals surface area contributed by atoms with E-state index in [1.54, 1.807) is 58.6 Å². The number of rotatable bonds is 19. The molecular formula is C46H63ClN10O6S. The molecule has 64 heavy (non-hydrogen) atoms. The van der Waals surface area contributed by atoms with Crippen LogP contribution in [0.4, 0.5) is 11.8 Å². The third-order valence-corrected chi connectivity index (χ3v) is 13.5. The summed E-state index contributed by atoms with van der Waals surface area (Å²) in [5.74, 6) is 1.55. The highest BCUT2D eigenvalue weighted by molar-refractivity contribution is 7.10. The van der Waals surface area contributed by atoms with Crippen LogP contribution >= 0.6 is 22.9 Å². The van der Waals surface area contributed by atoms with Crippen LogP contribution in [0.1, 0.15) is 99.2 Å².